The van der Waals surface area contributed by atoms with Gasteiger partial charge < -0.3 is 0 Å². The fraction of sp³-hybridized carbons (Fsp3) is 0.156. The first-order valence-electron chi connectivity index (χ1n) is 11.6. The van der Waals surface area contributed by atoms with E-state index in [-0.39, 0.29) is 5.78 Å². The Hall–Kier alpha value is -3.89. The summed E-state index contributed by atoms with van der Waals surface area (Å²) in [5.41, 5.74) is 6.44. The zero-order chi connectivity index (χ0) is 23.0. The van der Waals surface area contributed by atoms with Crippen LogP contribution in [0, 0.1) is 11.8 Å². The lowest BCUT2D eigenvalue weighted by Crippen LogP contribution is -1.92. The quantitative estimate of drug-likeness (QED) is 0.126. The van der Waals surface area contributed by atoms with Crippen molar-refractivity contribution in [3.05, 3.63) is 120 Å². The van der Waals surface area contributed by atoms with Crippen LogP contribution >= 0.6 is 0 Å². The Morgan fingerprint density at radius 2 is 1.36 bits per heavy atom. The fourth-order valence-corrected chi connectivity index (χ4v) is 3.93. The molecule has 4 aromatic rings. The molecular weight excluding hydrogens is 400 g/mol. The van der Waals surface area contributed by atoms with Crippen LogP contribution < -0.4 is 0 Å². The summed E-state index contributed by atoms with van der Waals surface area (Å²) in [6, 6.07) is 29.1. The van der Waals surface area contributed by atoms with Gasteiger partial charge in [-0.2, -0.15) is 0 Å². The molecule has 0 amide bonds. The van der Waals surface area contributed by atoms with Gasteiger partial charge in [-0.05, 0) is 76.7 Å². The van der Waals surface area contributed by atoms with Gasteiger partial charge >= 0.3 is 0 Å². The Kier molecular flexibility index (Phi) is 7.18. The van der Waals surface area contributed by atoms with Crippen molar-refractivity contribution in [1.82, 2.24) is 0 Å². The number of carbonyl (C=O) groups excluding carboxylic acids is 1. The average molecular weight is 429 g/mol. The van der Waals surface area contributed by atoms with E-state index >= 15 is 0 Å². The zero-order valence-electron chi connectivity index (χ0n) is 19.1. The minimum Gasteiger partial charge on any atom is -0.289 e. The molecule has 0 aliphatic rings. The van der Waals surface area contributed by atoms with Crippen LogP contribution in [0.15, 0.2) is 97.6 Å². The second kappa shape index (κ2) is 10.6. The predicted octanol–water partition coefficient (Wildman–Crippen LogP) is 8.01. The van der Waals surface area contributed by atoms with Crippen molar-refractivity contribution in [3.63, 3.8) is 0 Å². The molecule has 0 unspecified atom stereocenters. The van der Waals surface area contributed by atoms with Crippen molar-refractivity contribution in [1.29, 1.82) is 0 Å². The average Bonchev–Trinajstić information content (AvgIpc) is 2.87. The maximum Gasteiger partial charge on any atom is 0.185 e. The van der Waals surface area contributed by atoms with Gasteiger partial charge in [-0.25, -0.2) is 0 Å². The van der Waals surface area contributed by atoms with E-state index < -0.39 is 0 Å². The van der Waals surface area contributed by atoms with Gasteiger partial charge in [-0.3, -0.25) is 4.79 Å². The number of hydrogen-bond acceptors (Lipinski definition) is 1. The van der Waals surface area contributed by atoms with E-state index in [4.69, 9.17) is 0 Å². The van der Waals surface area contributed by atoms with Crippen LogP contribution in [0.4, 0.5) is 0 Å². The van der Waals surface area contributed by atoms with E-state index in [0.29, 0.717) is 5.56 Å². The lowest BCUT2D eigenvalue weighted by Gasteiger charge is -2.05. The molecule has 0 heterocycles. The number of hydrogen-bond donors (Lipinski definition) is 0. The highest BCUT2D eigenvalue weighted by molar-refractivity contribution is 6.06. The molecule has 0 saturated heterocycles. The first-order chi connectivity index (χ1) is 16.2. The van der Waals surface area contributed by atoms with E-state index in [1.807, 2.05) is 30.3 Å². The number of rotatable bonds is 7. The molecule has 33 heavy (non-hydrogen) atoms. The van der Waals surface area contributed by atoms with Gasteiger partial charge in [0.05, 0.1) is 0 Å². The van der Waals surface area contributed by atoms with Gasteiger partial charge in [0.1, 0.15) is 0 Å². The summed E-state index contributed by atoms with van der Waals surface area (Å²) in [5.74, 6) is 6.46. The second-order valence-electron chi connectivity index (χ2n) is 8.33. The van der Waals surface area contributed by atoms with Gasteiger partial charge in [0.25, 0.3) is 0 Å². The first kappa shape index (κ1) is 22.3. The summed E-state index contributed by atoms with van der Waals surface area (Å²) in [7, 11) is 0. The standard InChI is InChI=1S/C32H28O/c1-3-5-6-7-24-10-15-27(16-11-24)28-17-12-25(13-18-28)8-9-26-14-19-30-23-31(32(33)4-2)21-20-29(30)22-26/h4,10-23H,2-3,5-7H2,1H3. The van der Waals surface area contributed by atoms with E-state index in [2.05, 4.69) is 79.9 Å². The molecular formula is C32H28O. The topological polar surface area (TPSA) is 17.1 Å². The summed E-state index contributed by atoms with van der Waals surface area (Å²) in [5, 5.41) is 2.09. The predicted molar refractivity (Wildman–Crippen MR) is 140 cm³/mol. The fourth-order valence-electron chi connectivity index (χ4n) is 3.93. The lowest BCUT2D eigenvalue weighted by molar-refractivity contribution is 0.104. The third-order valence-electron chi connectivity index (χ3n) is 5.90. The Labute approximate surface area is 196 Å². The maximum atomic E-state index is 11.8. The largest absolute Gasteiger partial charge is 0.289 e. The van der Waals surface area contributed by atoms with E-state index in [0.717, 1.165) is 28.3 Å². The van der Waals surface area contributed by atoms with E-state index in [1.165, 1.54) is 42.0 Å². The van der Waals surface area contributed by atoms with Crippen LogP contribution in [0.25, 0.3) is 21.9 Å². The first-order valence-corrected chi connectivity index (χ1v) is 11.6. The Morgan fingerprint density at radius 1 is 0.758 bits per heavy atom. The molecule has 0 bridgehead atoms. The SMILES string of the molecule is C=CC(=O)c1ccc2cc(C#Cc3ccc(-c4ccc(CCCCC)cc4)cc3)ccc2c1. The minimum absolute atomic E-state index is 0.0628. The van der Waals surface area contributed by atoms with Crippen LogP contribution in [-0.4, -0.2) is 5.78 Å². The molecule has 4 rings (SSSR count). The molecule has 0 atom stereocenters. The summed E-state index contributed by atoms with van der Waals surface area (Å²) in [4.78, 5) is 11.8. The molecule has 0 aliphatic heterocycles. The number of ketones is 1. The summed E-state index contributed by atoms with van der Waals surface area (Å²) in [6.45, 7) is 5.79. The van der Waals surface area contributed by atoms with E-state index in [1.54, 1.807) is 0 Å². The van der Waals surface area contributed by atoms with Gasteiger partial charge in [0.2, 0.25) is 0 Å². The highest BCUT2D eigenvalue weighted by atomic mass is 16.1. The molecule has 0 N–H and O–H groups in total. The minimum atomic E-state index is -0.0628. The third-order valence-corrected chi connectivity index (χ3v) is 5.90. The van der Waals surface area contributed by atoms with Crippen LogP contribution in [0.5, 0.6) is 0 Å². The van der Waals surface area contributed by atoms with Crippen LogP contribution in [0.1, 0.15) is 53.2 Å². The summed E-state index contributed by atoms with van der Waals surface area (Å²) in [6.07, 6.45) is 6.31. The van der Waals surface area contributed by atoms with Crippen molar-refractivity contribution in [2.45, 2.75) is 32.6 Å². The van der Waals surface area contributed by atoms with Crippen molar-refractivity contribution >= 4 is 16.6 Å². The molecule has 1 nitrogen and oxygen atoms in total. The van der Waals surface area contributed by atoms with Gasteiger partial charge in [-0.1, -0.05) is 92.8 Å². The van der Waals surface area contributed by atoms with E-state index in [9.17, 15) is 4.79 Å². The molecule has 0 radical (unpaired) electrons. The van der Waals surface area contributed by atoms with Crippen LogP contribution in [-0.2, 0) is 6.42 Å². The summed E-state index contributed by atoms with van der Waals surface area (Å²) < 4.78 is 0. The number of benzene rings is 4. The molecule has 0 spiro atoms. The highest BCUT2D eigenvalue weighted by Gasteiger charge is 2.03. The molecule has 0 aromatic heterocycles. The Bertz CT molecular complexity index is 1330. The van der Waals surface area contributed by atoms with Gasteiger partial charge in [0, 0.05) is 16.7 Å². The molecule has 0 aliphatic carbocycles. The van der Waals surface area contributed by atoms with Crippen LogP contribution in [0.2, 0.25) is 0 Å². The second-order valence-corrected chi connectivity index (χ2v) is 8.33. The molecule has 0 saturated carbocycles. The smallest absolute Gasteiger partial charge is 0.185 e. The lowest BCUT2D eigenvalue weighted by atomic mass is 10.0. The number of fused-ring (bicyclic) bond motifs is 1. The normalized spacial score (nSPS) is 10.5. The van der Waals surface area contributed by atoms with Gasteiger partial charge in [0.15, 0.2) is 5.78 Å². The monoisotopic (exact) mass is 428 g/mol. The molecule has 1 heteroatoms. The number of unbranched alkanes of at least 4 members (excludes halogenated alkanes) is 2. The molecule has 0 fully saturated rings. The number of carbonyl (C=O) groups is 1. The van der Waals surface area contributed by atoms with Gasteiger partial charge in [-0.15, -0.1) is 0 Å². The molecule has 4 aromatic carbocycles. The Morgan fingerprint density at radius 3 is 2.06 bits per heavy atom. The van der Waals surface area contributed by atoms with Crippen molar-refractivity contribution in [2.24, 2.45) is 0 Å². The molecule has 162 valence electrons. The van der Waals surface area contributed by atoms with Crippen LogP contribution in [0.3, 0.4) is 0 Å². The number of aryl methyl sites for hydroxylation is 1. The maximum absolute atomic E-state index is 11.8. The number of allylic oxidation sites excluding steroid dienone is 1. The van der Waals surface area contributed by atoms with Crippen molar-refractivity contribution < 1.29 is 4.79 Å². The highest BCUT2D eigenvalue weighted by Crippen LogP contribution is 2.22. The summed E-state index contributed by atoms with van der Waals surface area (Å²) >= 11 is 0. The third kappa shape index (κ3) is 5.68. The zero-order valence-corrected chi connectivity index (χ0v) is 19.1. The Balaban J connectivity index is 1.46. The van der Waals surface area contributed by atoms with Crippen molar-refractivity contribution in [3.8, 4) is 23.0 Å². The van der Waals surface area contributed by atoms with Crippen molar-refractivity contribution in [2.75, 3.05) is 0 Å².